The lowest BCUT2D eigenvalue weighted by Gasteiger charge is -2.16. The Morgan fingerprint density at radius 1 is 1.24 bits per heavy atom. The van der Waals surface area contributed by atoms with Crippen molar-refractivity contribution in [3.8, 4) is 0 Å². The van der Waals surface area contributed by atoms with Gasteiger partial charge in [-0.2, -0.15) is 0 Å². The second kappa shape index (κ2) is 10.1. The second-order valence-corrected chi connectivity index (χ2v) is 8.20. The molecule has 0 heterocycles. The summed E-state index contributed by atoms with van der Waals surface area (Å²) in [6, 6.07) is 5.32. The topological polar surface area (TPSA) is 101 Å². The Morgan fingerprint density at radius 2 is 1.92 bits per heavy atom. The van der Waals surface area contributed by atoms with Gasteiger partial charge in [0.15, 0.2) is 0 Å². The largest absolute Gasteiger partial charge is 0.356 e. The first-order chi connectivity index (χ1) is 11.4. The third-order valence-corrected chi connectivity index (χ3v) is 5.78. The number of rotatable bonds is 8. The van der Waals surface area contributed by atoms with Crippen LogP contribution in [0.4, 0.5) is 0 Å². The Morgan fingerprint density at radius 3 is 2.60 bits per heavy atom. The summed E-state index contributed by atoms with van der Waals surface area (Å²) in [4.78, 5) is 12.0. The van der Waals surface area contributed by atoms with Gasteiger partial charge in [-0.25, -0.2) is 13.1 Å². The summed E-state index contributed by atoms with van der Waals surface area (Å²) in [6.07, 6.45) is 4.33. The van der Waals surface area contributed by atoms with Crippen molar-refractivity contribution < 1.29 is 13.2 Å². The van der Waals surface area contributed by atoms with Crippen molar-refractivity contribution in [1.82, 2.24) is 10.0 Å². The molecule has 6 nitrogen and oxygen atoms in total. The first-order valence-corrected chi connectivity index (χ1v) is 9.99. The van der Waals surface area contributed by atoms with Crippen molar-refractivity contribution in [2.45, 2.75) is 43.9 Å². The number of halogens is 1. The minimum Gasteiger partial charge on any atom is -0.356 e. The number of aryl methyl sites for hydroxylation is 2. The van der Waals surface area contributed by atoms with Crippen LogP contribution in [0.2, 0.25) is 0 Å². The monoisotopic (exact) mass is 389 g/mol. The standard InChI is InChI=1S/C17H27N3O3S.ClH/c1-13(11-18)12-19-17(21)8-9-20-24(22,23)16-7-6-14-4-2-3-5-15(14)10-16;/h6-7,10,13,20H,2-5,8-9,11-12,18H2,1H3,(H,19,21);1H. The summed E-state index contributed by atoms with van der Waals surface area (Å²) in [7, 11) is -3.58. The van der Waals surface area contributed by atoms with E-state index in [0.29, 0.717) is 13.1 Å². The molecule has 25 heavy (non-hydrogen) atoms. The van der Waals surface area contributed by atoms with Crippen LogP contribution in [-0.2, 0) is 27.7 Å². The molecule has 0 radical (unpaired) electrons. The second-order valence-electron chi connectivity index (χ2n) is 6.43. The molecule has 8 heteroatoms. The van der Waals surface area contributed by atoms with E-state index in [1.54, 1.807) is 12.1 Å². The lowest BCUT2D eigenvalue weighted by Crippen LogP contribution is -2.34. The van der Waals surface area contributed by atoms with E-state index in [4.69, 9.17) is 5.73 Å². The lowest BCUT2D eigenvalue weighted by molar-refractivity contribution is -0.121. The van der Waals surface area contributed by atoms with E-state index in [-0.39, 0.29) is 42.1 Å². The van der Waals surface area contributed by atoms with Gasteiger partial charge in [0, 0.05) is 19.5 Å². The van der Waals surface area contributed by atoms with Gasteiger partial charge in [0.2, 0.25) is 15.9 Å². The van der Waals surface area contributed by atoms with Gasteiger partial charge in [-0.1, -0.05) is 13.0 Å². The number of hydrogen-bond donors (Lipinski definition) is 3. The molecule has 1 aromatic rings. The molecule has 1 amide bonds. The van der Waals surface area contributed by atoms with Gasteiger partial charge in [-0.15, -0.1) is 12.4 Å². The van der Waals surface area contributed by atoms with Gasteiger partial charge in [-0.05, 0) is 61.4 Å². The van der Waals surface area contributed by atoms with Gasteiger partial charge in [-0.3, -0.25) is 4.79 Å². The van der Waals surface area contributed by atoms with Crippen LogP contribution in [0.3, 0.4) is 0 Å². The normalized spacial score (nSPS) is 15.0. The van der Waals surface area contributed by atoms with E-state index in [9.17, 15) is 13.2 Å². The number of sulfonamides is 1. The van der Waals surface area contributed by atoms with Crippen molar-refractivity contribution in [3.63, 3.8) is 0 Å². The number of hydrogen-bond acceptors (Lipinski definition) is 4. The van der Waals surface area contributed by atoms with E-state index in [2.05, 4.69) is 10.0 Å². The van der Waals surface area contributed by atoms with Crippen molar-refractivity contribution in [2.24, 2.45) is 11.7 Å². The van der Waals surface area contributed by atoms with Gasteiger partial charge in [0.1, 0.15) is 0 Å². The maximum absolute atomic E-state index is 12.4. The Hall–Kier alpha value is -1.15. The van der Waals surface area contributed by atoms with Gasteiger partial charge >= 0.3 is 0 Å². The number of carbonyl (C=O) groups is 1. The number of carbonyl (C=O) groups excluding carboxylic acids is 1. The average Bonchev–Trinajstić information content (AvgIpc) is 2.59. The van der Waals surface area contributed by atoms with Crippen molar-refractivity contribution in [2.75, 3.05) is 19.6 Å². The first kappa shape index (κ1) is 21.9. The zero-order valence-corrected chi connectivity index (χ0v) is 16.2. The molecule has 1 aromatic carbocycles. The highest BCUT2D eigenvalue weighted by molar-refractivity contribution is 7.89. The molecule has 0 fully saturated rings. The fourth-order valence-electron chi connectivity index (χ4n) is 2.72. The van der Waals surface area contributed by atoms with E-state index >= 15 is 0 Å². The van der Waals surface area contributed by atoms with Crippen LogP contribution in [-0.4, -0.2) is 34.0 Å². The zero-order chi connectivity index (χ0) is 17.6. The number of amides is 1. The lowest BCUT2D eigenvalue weighted by atomic mass is 9.92. The Balaban J connectivity index is 0.00000312. The molecule has 0 spiro atoms. The van der Waals surface area contributed by atoms with Crippen LogP contribution < -0.4 is 15.8 Å². The predicted octanol–water partition coefficient (Wildman–Crippen LogP) is 1.37. The molecule has 0 aliphatic heterocycles. The highest BCUT2D eigenvalue weighted by Crippen LogP contribution is 2.23. The maximum atomic E-state index is 12.4. The molecular formula is C17H28ClN3O3S. The molecule has 1 atom stereocenters. The number of fused-ring (bicyclic) bond motifs is 1. The molecule has 1 aliphatic carbocycles. The summed E-state index contributed by atoms with van der Waals surface area (Å²) >= 11 is 0. The molecule has 142 valence electrons. The predicted molar refractivity (Wildman–Crippen MR) is 101 cm³/mol. The van der Waals surface area contributed by atoms with Crippen LogP contribution in [0.1, 0.15) is 37.3 Å². The van der Waals surface area contributed by atoms with Crippen molar-refractivity contribution in [1.29, 1.82) is 0 Å². The molecule has 2 rings (SSSR count). The molecule has 0 aromatic heterocycles. The highest BCUT2D eigenvalue weighted by atomic mass is 35.5. The summed E-state index contributed by atoms with van der Waals surface area (Å²) in [5.74, 6) is 0.0320. The molecule has 0 bridgehead atoms. The third-order valence-electron chi connectivity index (χ3n) is 4.32. The number of nitrogens with one attached hydrogen (secondary N) is 2. The van der Waals surface area contributed by atoms with Gasteiger partial charge in [0.05, 0.1) is 4.90 Å². The fraction of sp³-hybridized carbons (Fsp3) is 0.588. The van der Waals surface area contributed by atoms with Gasteiger partial charge < -0.3 is 11.1 Å². The smallest absolute Gasteiger partial charge is 0.240 e. The molecule has 4 N–H and O–H groups in total. The zero-order valence-electron chi connectivity index (χ0n) is 14.6. The number of nitrogens with two attached hydrogens (primary N) is 1. The molecule has 0 saturated carbocycles. The number of benzene rings is 1. The van der Waals surface area contributed by atoms with Gasteiger partial charge in [0.25, 0.3) is 0 Å². The maximum Gasteiger partial charge on any atom is 0.240 e. The molecule has 0 saturated heterocycles. The SMILES string of the molecule is CC(CN)CNC(=O)CCNS(=O)(=O)c1ccc2c(c1)CCCC2.Cl. The van der Waals surface area contributed by atoms with Crippen LogP contribution in [0.25, 0.3) is 0 Å². The van der Waals surface area contributed by atoms with E-state index in [0.717, 1.165) is 31.2 Å². The van der Waals surface area contributed by atoms with E-state index < -0.39 is 10.0 Å². The average molecular weight is 390 g/mol. The third kappa shape index (κ3) is 6.58. The summed E-state index contributed by atoms with van der Waals surface area (Å²) in [5.41, 5.74) is 7.85. The summed E-state index contributed by atoms with van der Waals surface area (Å²) in [5, 5.41) is 2.75. The van der Waals surface area contributed by atoms with Crippen LogP contribution in [0, 0.1) is 5.92 Å². The van der Waals surface area contributed by atoms with Crippen LogP contribution >= 0.6 is 12.4 Å². The minimum atomic E-state index is -3.58. The molecule has 1 aliphatic rings. The van der Waals surface area contributed by atoms with Crippen LogP contribution in [0.15, 0.2) is 23.1 Å². The quantitative estimate of drug-likeness (QED) is 0.624. The minimum absolute atomic E-state index is 0. The van der Waals surface area contributed by atoms with Crippen molar-refractivity contribution in [3.05, 3.63) is 29.3 Å². The Bertz CT molecular complexity index is 680. The molecule has 1 unspecified atom stereocenters. The van der Waals surface area contributed by atoms with E-state index in [1.807, 2.05) is 13.0 Å². The van der Waals surface area contributed by atoms with Crippen LogP contribution in [0.5, 0.6) is 0 Å². The fourth-order valence-corrected chi connectivity index (χ4v) is 3.80. The summed E-state index contributed by atoms with van der Waals surface area (Å²) in [6.45, 7) is 3.04. The Labute approximate surface area is 156 Å². The Kier molecular flexibility index (Phi) is 8.85. The first-order valence-electron chi connectivity index (χ1n) is 8.50. The van der Waals surface area contributed by atoms with Crippen molar-refractivity contribution >= 4 is 28.3 Å². The van der Waals surface area contributed by atoms with E-state index in [1.165, 1.54) is 5.56 Å². The summed E-state index contributed by atoms with van der Waals surface area (Å²) < 4.78 is 27.2. The molecular weight excluding hydrogens is 362 g/mol. The highest BCUT2D eigenvalue weighted by Gasteiger charge is 2.17.